The summed E-state index contributed by atoms with van der Waals surface area (Å²) in [5.41, 5.74) is -0.497. The SMILES string of the molecule is C=CC(=O)OC(C)(C)[N+](CC)(CC)CC. The van der Waals surface area contributed by atoms with Gasteiger partial charge in [-0.1, -0.05) is 6.58 Å². The van der Waals surface area contributed by atoms with E-state index in [-0.39, 0.29) is 5.97 Å². The van der Waals surface area contributed by atoms with Gasteiger partial charge in [0.2, 0.25) is 5.72 Å². The lowest BCUT2D eigenvalue weighted by Crippen LogP contribution is -2.63. The number of hydrogen-bond acceptors (Lipinski definition) is 2. The quantitative estimate of drug-likeness (QED) is 0.293. The van der Waals surface area contributed by atoms with Crippen LogP contribution in [0.5, 0.6) is 0 Å². The van der Waals surface area contributed by atoms with E-state index in [0.717, 1.165) is 24.1 Å². The van der Waals surface area contributed by atoms with E-state index in [1.54, 1.807) is 0 Å². The van der Waals surface area contributed by atoms with Crippen molar-refractivity contribution in [2.45, 2.75) is 40.3 Å². The number of nitrogens with zero attached hydrogens (tertiary/aromatic N) is 1. The average Bonchev–Trinajstić information content (AvgIpc) is 2.20. The van der Waals surface area contributed by atoms with Crippen molar-refractivity contribution < 1.29 is 14.0 Å². The summed E-state index contributed by atoms with van der Waals surface area (Å²) in [6.45, 7) is 16.6. The van der Waals surface area contributed by atoms with Crippen LogP contribution in [0.15, 0.2) is 12.7 Å². The molecule has 3 nitrogen and oxygen atoms in total. The van der Waals surface area contributed by atoms with Crippen LogP contribution in [0.1, 0.15) is 34.6 Å². The third-order valence-corrected chi connectivity index (χ3v) is 3.48. The number of carbonyl (C=O) groups is 1. The van der Waals surface area contributed by atoms with Crippen LogP contribution >= 0.6 is 0 Å². The highest BCUT2D eigenvalue weighted by molar-refractivity contribution is 5.81. The number of ether oxygens (including phenoxy) is 1. The Labute approximate surface area is 93.3 Å². The molecule has 0 fully saturated rings. The van der Waals surface area contributed by atoms with E-state index in [4.69, 9.17) is 4.74 Å². The molecular formula is C12H24NO2+. The molecule has 15 heavy (non-hydrogen) atoms. The maximum absolute atomic E-state index is 11.3. The minimum Gasteiger partial charge on any atom is -0.407 e. The largest absolute Gasteiger partial charge is 0.407 e. The van der Waals surface area contributed by atoms with E-state index in [9.17, 15) is 4.79 Å². The monoisotopic (exact) mass is 214 g/mol. The molecule has 0 radical (unpaired) electrons. The summed E-state index contributed by atoms with van der Waals surface area (Å²) < 4.78 is 6.21. The van der Waals surface area contributed by atoms with E-state index in [1.165, 1.54) is 6.08 Å². The van der Waals surface area contributed by atoms with Gasteiger partial charge in [-0.15, -0.1) is 0 Å². The third-order valence-electron chi connectivity index (χ3n) is 3.48. The second-order valence-electron chi connectivity index (χ2n) is 4.17. The molecule has 0 saturated carbocycles. The standard InChI is InChI=1S/C12H24NO2/c1-7-11(14)15-12(5,6)13(8-2,9-3)10-4/h7H,1,8-10H2,2-6H3/q+1. The van der Waals surface area contributed by atoms with Gasteiger partial charge in [-0.2, -0.15) is 0 Å². The summed E-state index contributed by atoms with van der Waals surface area (Å²) in [6, 6.07) is 0. The molecule has 0 saturated heterocycles. The van der Waals surface area contributed by atoms with E-state index >= 15 is 0 Å². The van der Waals surface area contributed by atoms with Gasteiger partial charge in [-0.05, 0) is 20.8 Å². The number of rotatable bonds is 6. The zero-order valence-corrected chi connectivity index (χ0v) is 10.7. The van der Waals surface area contributed by atoms with Crippen LogP contribution in [0.25, 0.3) is 0 Å². The Balaban J connectivity index is 4.93. The van der Waals surface area contributed by atoms with Gasteiger partial charge in [0.05, 0.1) is 19.6 Å². The Hall–Kier alpha value is -0.830. The predicted molar refractivity (Wildman–Crippen MR) is 62.3 cm³/mol. The van der Waals surface area contributed by atoms with Crippen molar-refractivity contribution in [3.8, 4) is 0 Å². The number of carbonyl (C=O) groups excluding carboxylic acids is 1. The van der Waals surface area contributed by atoms with Crippen LogP contribution in [0, 0.1) is 0 Å². The van der Waals surface area contributed by atoms with E-state index in [2.05, 4.69) is 27.4 Å². The molecule has 0 atom stereocenters. The first-order chi connectivity index (χ1) is 6.89. The molecule has 0 aromatic carbocycles. The van der Waals surface area contributed by atoms with Gasteiger partial charge in [-0.3, -0.25) is 4.48 Å². The minimum absolute atomic E-state index is 0.349. The second-order valence-corrected chi connectivity index (χ2v) is 4.17. The summed E-state index contributed by atoms with van der Waals surface area (Å²) in [5, 5.41) is 0. The van der Waals surface area contributed by atoms with Crippen molar-refractivity contribution in [1.82, 2.24) is 0 Å². The first-order valence-corrected chi connectivity index (χ1v) is 5.60. The highest BCUT2D eigenvalue weighted by Crippen LogP contribution is 2.26. The van der Waals surface area contributed by atoms with Gasteiger partial charge in [0, 0.05) is 19.9 Å². The Bertz CT molecular complexity index is 222. The number of quaternary nitrogens is 1. The fourth-order valence-electron chi connectivity index (χ4n) is 2.20. The lowest BCUT2D eigenvalue weighted by molar-refractivity contribution is -0.989. The summed E-state index contributed by atoms with van der Waals surface area (Å²) >= 11 is 0. The van der Waals surface area contributed by atoms with Crippen LogP contribution in [0.3, 0.4) is 0 Å². The lowest BCUT2D eigenvalue weighted by Gasteiger charge is -2.47. The first-order valence-electron chi connectivity index (χ1n) is 5.60. The fraction of sp³-hybridized carbons (Fsp3) is 0.750. The van der Waals surface area contributed by atoms with Gasteiger partial charge in [0.1, 0.15) is 0 Å². The van der Waals surface area contributed by atoms with Crippen molar-refractivity contribution in [2.24, 2.45) is 0 Å². The molecule has 0 aromatic heterocycles. The Morgan fingerprint density at radius 1 is 1.27 bits per heavy atom. The molecule has 0 aliphatic carbocycles. The summed E-state index contributed by atoms with van der Waals surface area (Å²) in [6.07, 6.45) is 1.22. The molecule has 0 aliphatic rings. The van der Waals surface area contributed by atoms with Gasteiger partial charge >= 0.3 is 5.97 Å². The summed E-state index contributed by atoms with van der Waals surface area (Å²) in [7, 11) is 0. The topological polar surface area (TPSA) is 26.3 Å². The van der Waals surface area contributed by atoms with Crippen molar-refractivity contribution in [1.29, 1.82) is 0 Å². The molecule has 88 valence electrons. The van der Waals surface area contributed by atoms with Crippen molar-refractivity contribution in [3.05, 3.63) is 12.7 Å². The van der Waals surface area contributed by atoms with Crippen LogP contribution in [-0.2, 0) is 9.53 Å². The maximum atomic E-state index is 11.3. The van der Waals surface area contributed by atoms with E-state index < -0.39 is 5.72 Å². The molecule has 0 bridgehead atoms. The number of hydrogen-bond donors (Lipinski definition) is 0. The van der Waals surface area contributed by atoms with Crippen molar-refractivity contribution in [3.63, 3.8) is 0 Å². The Morgan fingerprint density at radius 2 is 1.67 bits per heavy atom. The fourth-order valence-corrected chi connectivity index (χ4v) is 2.20. The molecule has 0 aromatic rings. The normalized spacial score (nSPS) is 12.3. The lowest BCUT2D eigenvalue weighted by atomic mass is 10.1. The minimum atomic E-state index is -0.497. The number of esters is 1. The van der Waals surface area contributed by atoms with Crippen LogP contribution in [0.2, 0.25) is 0 Å². The molecular weight excluding hydrogens is 190 g/mol. The van der Waals surface area contributed by atoms with Crippen LogP contribution < -0.4 is 0 Å². The first kappa shape index (κ1) is 14.2. The second kappa shape index (κ2) is 5.31. The van der Waals surface area contributed by atoms with Crippen molar-refractivity contribution in [2.75, 3.05) is 19.6 Å². The highest BCUT2D eigenvalue weighted by Gasteiger charge is 2.42. The highest BCUT2D eigenvalue weighted by atomic mass is 16.6. The molecule has 0 unspecified atom stereocenters. The molecule has 0 heterocycles. The zero-order valence-electron chi connectivity index (χ0n) is 10.7. The Morgan fingerprint density at radius 3 is 1.93 bits per heavy atom. The van der Waals surface area contributed by atoms with Crippen molar-refractivity contribution >= 4 is 5.97 Å². The summed E-state index contributed by atoms with van der Waals surface area (Å²) in [5.74, 6) is -0.349. The smallest absolute Gasteiger partial charge is 0.334 e. The van der Waals surface area contributed by atoms with E-state index in [0.29, 0.717) is 0 Å². The van der Waals surface area contributed by atoms with Gasteiger partial charge in [0.25, 0.3) is 0 Å². The van der Waals surface area contributed by atoms with E-state index in [1.807, 2.05) is 13.8 Å². The van der Waals surface area contributed by atoms with Crippen LogP contribution in [-0.4, -0.2) is 35.8 Å². The van der Waals surface area contributed by atoms with Crippen LogP contribution in [0.4, 0.5) is 0 Å². The van der Waals surface area contributed by atoms with Gasteiger partial charge in [0.15, 0.2) is 0 Å². The Kier molecular flexibility index (Phi) is 5.01. The van der Waals surface area contributed by atoms with Gasteiger partial charge < -0.3 is 4.74 Å². The maximum Gasteiger partial charge on any atom is 0.334 e. The molecule has 0 N–H and O–H groups in total. The zero-order chi connectivity index (χ0) is 12.1. The third kappa shape index (κ3) is 2.81. The van der Waals surface area contributed by atoms with Gasteiger partial charge in [-0.25, -0.2) is 4.79 Å². The molecule has 0 rings (SSSR count). The molecule has 0 spiro atoms. The molecule has 0 aliphatic heterocycles. The predicted octanol–water partition coefficient (Wildman–Crippen LogP) is 2.33. The molecule has 0 amide bonds. The summed E-state index contributed by atoms with van der Waals surface area (Å²) in [4.78, 5) is 11.3. The molecule has 3 heteroatoms. The average molecular weight is 214 g/mol.